The van der Waals surface area contributed by atoms with Crippen LogP contribution in [0.5, 0.6) is 5.75 Å². The maximum atomic E-state index is 14.0. The summed E-state index contributed by atoms with van der Waals surface area (Å²) < 4.78 is 19.6. The van der Waals surface area contributed by atoms with Crippen molar-refractivity contribution in [3.8, 4) is 5.75 Å². The first kappa shape index (κ1) is 23.9. The minimum absolute atomic E-state index is 0.104. The number of hydrogen-bond acceptors (Lipinski definition) is 4. The van der Waals surface area contributed by atoms with Crippen molar-refractivity contribution in [1.82, 2.24) is 4.90 Å². The molecule has 3 aromatic rings. The lowest BCUT2D eigenvalue weighted by atomic mass is 9.87. The summed E-state index contributed by atoms with van der Waals surface area (Å²) in [7, 11) is 0. The lowest BCUT2D eigenvalue weighted by Gasteiger charge is -2.43. The average molecular weight is 489 g/mol. The van der Waals surface area contributed by atoms with Crippen molar-refractivity contribution in [2.24, 2.45) is 0 Å². The first-order valence-corrected chi connectivity index (χ1v) is 12.3. The first-order chi connectivity index (χ1) is 17.5. The van der Waals surface area contributed by atoms with Crippen molar-refractivity contribution >= 4 is 17.6 Å². The molecule has 1 saturated heterocycles. The van der Waals surface area contributed by atoms with Crippen LogP contribution in [0, 0.1) is 5.82 Å². The van der Waals surface area contributed by atoms with Crippen molar-refractivity contribution in [1.29, 1.82) is 0 Å². The van der Waals surface area contributed by atoms with Gasteiger partial charge in [-0.1, -0.05) is 60.7 Å². The molecule has 2 aliphatic rings. The molecular weight excluding hydrogens is 459 g/mol. The lowest BCUT2D eigenvalue weighted by Crippen LogP contribution is -2.56. The highest BCUT2D eigenvalue weighted by Crippen LogP contribution is 2.37. The number of carboxylic acid groups (broad SMARTS) is 1. The fraction of sp³-hybridized carbons (Fsp3) is 0.310. The van der Waals surface area contributed by atoms with Gasteiger partial charge >= 0.3 is 5.97 Å². The predicted octanol–water partition coefficient (Wildman–Crippen LogP) is 4.69. The van der Waals surface area contributed by atoms with Crippen molar-refractivity contribution in [2.45, 2.75) is 37.3 Å². The minimum atomic E-state index is -1.02. The van der Waals surface area contributed by atoms with E-state index in [9.17, 15) is 19.1 Å². The summed E-state index contributed by atoms with van der Waals surface area (Å²) >= 11 is 0. The summed E-state index contributed by atoms with van der Waals surface area (Å²) in [5.41, 5.74) is 2.44. The van der Waals surface area contributed by atoms with Crippen LogP contribution < -0.4 is 9.64 Å². The number of carbonyl (C=O) groups is 2. The number of halogens is 1. The van der Waals surface area contributed by atoms with Crippen LogP contribution in [0.25, 0.3) is 0 Å². The largest absolute Gasteiger partial charge is 0.491 e. The van der Waals surface area contributed by atoms with Crippen LogP contribution in [0.15, 0.2) is 78.9 Å². The second-order valence-corrected chi connectivity index (χ2v) is 9.33. The molecule has 36 heavy (non-hydrogen) atoms. The highest BCUT2D eigenvalue weighted by molar-refractivity contribution is 5.91. The Labute approximate surface area is 209 Å². The Bertz CT molecular complexity index is 1180. The van der Waals surface area contributed by atoms with E-state index < -0.39 is 17.9 Å². The van der Waals surface area contributed by atoms with Crippen LogP contribution in [-0.2, 0) is 9.59 Å². The molecule has 2 atom stereocenters. The van der Waals surface area contributed by atoms with Crippen LogP contribution in [-0.4, -0.2) is 53.7 Å². The molecule has 0 aliphatic carbocycles. The van der Waals surface area contributed by atoms with Crippen molar-refractivity contribution in [3.63, 3.8) is 0 Å². The standard InChI is InChI=1S/C29H29FN2O4/c30-22-12-13-24-26(18-22)36-17-7-15-31(24)23-14-16-32(25(19-23)29(34)35)28(33)27(20-8-3-1-4-9-20)21-10-5-2-6-11-21/h1-6,8-13,18,23,25,27H,7,14-17,19H2,(H,34,35)/t23?,25-/m0/s1. The van der Waals surface area contributed by atoms with Gasteiger partial charge in [-0.05, 0) is 42.5 Å². The number of piperidine rings is 1. The third-order valence-electron chi connectivity index (χ3n) is 7.13. The van der Waals surface area contributed by atoms with E-state index in [1.54, 1.807) is 6.07 Å². The van der Waals surface area contributed by atoms with Gasteiger partial charge in [-0.15, -0.1) is 0 Å². The fourth-order valence-corrected chi connectivity index (χ4v) is 5.42. The lowest BCUT2D eigenvalue weighted by molar-refractivity contribution is -0.152. The molecule has 0 aromatic heterocycles. The SMILES string of the molecule is O=C(O)[C@@H]1CC(N2CCCOc3cc(F)ccc32)CCN1C(=O)C(c1ccccc1)c1ccccc1. The van der Waals surface area contributed by atoms with Crippen LogP contribution >= 0.6 is 0 Å². The van der Waals surface area contributed by atoms with Crippen molar-refractivity contribution in [3.05, 3.63) is 95.8 Å². The van der Waals surface area contributed by atoms with Crippen molar-refractivity contribution < 1.29 is 23.8 Å². The molecule has 3 aromatic carbocycles. The number of anilines is 1. The van der Waals surface area contributed by atoms with E-state index in [4.69, 9.17) is 4.74 Å². The zero-order valence-corrected chi connectivity index (χ0v) is 19.9. The van der Waals surface area contributed by atoms with Gasteiger partial charge in [-0.3, -0.25) is 4.79 Å². The number of nitrogens with zero attached hydrogens (tertiary/aromatic N) is 2. The Kier molecular flexibility index (Phi) is 6.89. The Morgan fingerprint density at radius 2 is 1.61 bits per heavy atom. The molecule has 2 aliphatic heterocycles. The Hall–Kier alpha value is -3.87. The number of carboxylic acids is 1. The number of rotatable bonds is 5. The maximum Gasteiger partial charge on any atom is 0.326 e. The van der Waals surface area contributed by atoms with Gasteiger partial charge in [0.1, 0.15) is 17.6 Å². The monoisotopic (exact) mass is 488 g/mol. The van der Waals surface area contributed by atoms with E-state index >= 15 is 0 Å². The number of aliphatic carboxylic acids is 1. The Morgan fingerprint density at radius 1 is 0.944 bits per heavy atom. The minimum Gasteiger partial charge on any atom is -0.491 e. The summed E-state index contributed by atoms with van der Waals surface area (Å²) in [5.74, 6) is -1.70. The predicted molar refractivity (Wildman–Crippen MR) is 135 cm³/mol. The fourth-order valence-electron chi connectivity index (χ4n) is 5.42. The smallest absolute Gasteiger partial charge is 0.326 e. The normalized spacial score (nSPS) is 19.8. The van der Waals surface area contributed by atoms with E-state index in [0.717, 1.165) is 23.2 Å². The van der Waals surface area contributed by atoms with Crippen LogP contribution in [0.2, 0.25) is 0 Å². The molecule has 0 bridgehead atoms. The molecular formula is C29H29FN2O4. The summed E-state index contributed by atoms with van der Waals surface area (Å²) in [4.78, 5) is 30.1. The molecule has 0 spiro atoms. The zero-order chi connectivity index (χ0) is 25.1. The van der Waals surface area contributed by atoms with E-state index in [0.29, 0.717) is 31.9 Å². The summed E-state index contributed by atoms with van der Waals surface area (Å²) in [6.07, 6.45) is 1.65. The van der Waals surface area contributed by atoms with Gasteiger partial charge in [-0.2, -0.15) is 0 Å². The topological polar surface area (TPSA) is 70.1 Å². The van der Waals surface area contributed by atoms with E-state index in [2.05, 4.69) is 4.90 Å². The molecule has 7 heteroatoms. The molecule has 6 nitrogen and oxygen atoms in total. The third kappa shape index (κ3) is 4.78. The van der Waals surface area contributed by atoms with Gasteiger partial charge in [0.25, 0.3) is 0 Å². The average Bonchev–Trinajstić information content (AvgIpc) is 3.11. The van der Waals surface area contributed by atoms with E-state index in [1.165, 1.54) is 17.0 Å². The summed E-state index contributed by atoms with van der Waals surface area (Å²) in [5, 5.41) is 10.2. The van der Waals surface area contributed by atoms with Gasteiger partial charge in [0, 0.05) is 25.2 Å². The summed E-state index contributed by atoms with van der Waals surface area (Å²) in [6, 6.07) is 22.4. The molecule has 5 rings (SSSR count). The van der Waals surface area contributed by atoms with Crippen molar-refractivity contribution in [2.75, 3.05) is 24.6 Å². The first-order valence-electron chi connectivity index (χ1n) is 12.3. The molecule has 0 saturated carbocycles. The second kappa shape index (κ2) is 10.4. The Balaban J connectivity index is 1.43. The molecule has 1 fully saturated rings. The number of likely N-dealkylation sites (tertiary alicyclic amines) is 1. The third-order valence-corrected chi connectivity index (χ3v) is 7.13. The highest BCUT2D eigenvalue weighted by atomic mass is 19.1. The molecule has 1 amide bonds. The van der Waals surface area contributed by atoms with Gasteiger partial charge in [-0.25, -0.2) is 9.18 Å². The van der Waals surface area contributed by atoms with Gasteiger partial charge in [0.15, 0.2) is 0 Å². The van der Waals surface area contributed by atoms with Crippen LogP contribution in [0.3, 0.4) is 0 Å². The van der Waals surface area contributed by atoms with Gasteiger partial charge < -0.3 is 19.6 Å². The summed E-state index contributed by atoms with van der Waals surface area (Å²) in [6.45, 7) is 1.48. The number of carbonyl (C=O) groups excluding carboxylic acids is 1. The number of ether oxygens (including phenoxy) is 1. The molecule has 2 heterocycles. The highest BCUT2D eigenvalue weighted by Gasteiger charge is 2.41. The van der Waals surface area contributed by atoms with Gasteiger partial charge in [0.05, 0.1) is 18.2 Å². The maximum absolute atomic E-state index is 14.0. The Morgan fingerprint density at radius 3 is 2.25 bits per heavy atom. The second-order valence-electron chi connectivity index (χ2n) is 9.33. The number of hydrogen-bond donors (Lipinski definition) is 1. The number of benzene rings is 3. The van der Waals surface area contributed by atoms with Crippen LogP contribution in [0.1, 0.15) is 36.3 Å². The molecule has 186 valence electrons. The quantitative estimate of drug-likeness (QED) is 0.564. The number of fused-ring (bicyclic) bond motifs is 1. The van der Waals surface area contributed by atoms with Crippen LogP contribution in [0.4, 0.5) is 10.1 Å². The molecule has 0 radical (unpaired) electrons. The molecule has 1 N–H and O–H groups in total. The van der Waals surface area contributed by atoms with Gasteiger partial charge in [0.2, 0.25) is 5.91 Å². The van der Waals surface area contributed by atoms with E-state index in [1.807, 2.05) is 60.7 Å². The molecule has 1 unspecified atom stereocenters. The zero-order valence-electron chi connectivity index (χ0n) is 19.9. The number of amides is 1. The van der Waals surface area contributed by atoms with E-state index in [-0.39, 0.29) is 24.2 Å².